The molecule has 5 nitrogen and oxygen atoms in total. The van der Waals surface area contributed by atoms with Gasteiger partial charge in [0.1, 0.15) is 11.2 Å². The van der Waals surface area contributed by atoms with Crippen LogP contribution in [0.2, 0.25) is 5.02 Å². The molecule has 1 amide bonds. The molecular weight excluding hydrogens is 292 g/mol. The molecule has 1 N–H and O–H groups in total. The number of hydrogen-bond acceptors (Lipinski definition) is 3. The monoisotopic (exact) mass is 314 g/mol. The Hall–Kier alpha value is -1.49. The van der Waals surface area contributed by atoms with Gasteiger partial charge in [0, 0.05) is 12.2 Å². The molecule has 118 valence electrons. The fraction of sp³-hybridized carbons (Fsp3) is 0.600. The minimum Gasteiger partial charge on any atom is -0.467 e. The van der Waals surface area contributed by atoms with Crippen LogP contribution in [0.15, 0.2) is 12.3 Å². The van der Waals surface area contributed by atoms with E-state index in [9.17, 15) is 9.59 Å². The smallest absolute Gasteiger partial charge is 0.331 e. The minimum absolute atomic E-state index is 0.0915. The van der Waals surface area contributed by atoms with Crippen LogP contribution in [-0.4, -0.2) is 29.1 Å². The molecule has 0 aliphatic carbocycles. The van der Waals surface area contributed by atoms with Crippen molar-refractivity contribution in [3.05, 3.63) is 23.0 Å². The average molecular weight is 315 g/mol. The van der Waals surface area contributed by atoms with Crippen molar-refractivity contribution in [3.8, 4) is 0 Å². The van der Waals surface area contributed by atoms with Gasteiger partial charge in [0.2, 0.25) is 0 Å². The highest BCUT2D eigenvalue weighted by atomic mass is 35.5. The quantitative estimate of drug-likeness (QED) is 0.820. The van der Waals surface area contributed by atoms with Crippen molar-refractivity contribution < 1.29 is 14.3 Å². The topological polar surface area (TPSA) is 60.3 Å². The largest absolute Gasteiger partial charge is 0.467 e. The van der Waals surface area contributed by atoms with Crippen molar-refractivity contribution in [2.24, 2.45) is 0 Å². The first kappa shape index (κ1) is 17.6. The van der Waals surface area contributed by atoms with E-state index in [0.29, 0.717) is 17.1 Å². The third kappa shape index (κ3) is 4.00. The van der Waals surface area contributed by atoms with Crippen LogP contribution in [0.4, 0.5) is 0 Å². The van der Waals surface area contributed by atoms with E-state index in [2.05, 4.69) is 5.32 Å². The molecule has 21 heavy (non-hydrogen) atoms. The maximum absolute atomic E-state index is 12.5. The van der Waals surface area contributed by atoms with Crippen LogP contribution in [0.5, 0.6) is 0 Å². The van der Waals surface area contributed by atoms with Crippen molar-refractivity contribution in [2.45, 2.75) is 52.1 Å². The number of methoxy groups -OCH3 is 1. The highest BCUT2D eigenvalue weighted by Gasteiger charge is 2.36. The zero-order valence-corrected chi connectivity index (χ0v) is 14.0. The highest BCUT2D eigenvalue weighted by molar-refractivity contribution is 6.31. The summed E-state index contributed by atoms with van der Waals surface area (Å²) in [4.78, 5) is 24.4. The normalized spacial score (nSPS) is 13.9. The molecule has 1 heterocycles. The average Bonchev–Trinajstić information content (AvgIpc) is 2.80. The number of halogens is 1. The van der Waals surface area contributed by atoms with Crippen LogP contribution in [0.1, 0.15) is 57.1 Å². The summed E-state index contributed by atoms with van der Waals surface area (Å²) in [5.74, 6) is -0.789. The zero-order chi connectivity index (χ0) is 16.2. The number of esters is 1. The molecule has 0 bridgehead atoms. The molecule has 6 heteroatoms. The number of carbonyl (C=O) groups excluding carboxylic acids is 2. The van der Waals surface area contributed by atoms with Gasteiger partial charge in [-0.2, -0.15) is 0 Å². The van der Waals surface area contributed by atoms with Crippen LogP contribution < -0.4 is 5.32 Å². The Morgan fingerprint density at radius 1 is 1.48 bits per heavy atom. The second-order valence-corrected chi connectivity index (χ2v) is 6.01. The molecule has 1 aromatic heterocycles. The third-order valence-corrected chi connectivity index (χ3v) is 3.59. The summed E-state index contributed by atoms with van der Waals surface area (Å²) in [5, 5.41) is 3.27. The number of ether oxygens (including phenoxy) is 1. The maximum Gasteiger partial charge on any atom is 0.331 e. The van der Waals surface area contributed by atoms with E-state index >= 15 is 0 Å². The summed E-state index contributed by atoms with van der Waals surface area (Å²) in [5.41, 5.74) is -0.611. The van der Waals surface area contributed by atoms with Gasteiger partial charge in [-0.15, -0.1) is 0 Å². The number of rotatable bonds is 6. The Kier molecular flexibility index (Phi) is 5.84. The van der Waals surface area contributed by atoms with Crippen molar-refractivity contribution in [1.29, 1.82) is 0 Å². The minimum atomic E-state index is -1.04. The Balaban J connectivity index is 3.05. The molecule has 0 aliphatic rings. The molecule has 0 saturated carbocycles. The van der Waals surface area contributed by atoms with Gasteiger partial charge >= 0.3 is 5.97 Å². The van der Waals surface area contributed by atoms with Crippen LogP contribution >= 0.6 is 11.6 Å². The van der Waals surface area contributed by atoms with Crippen LogP contribution in [0.25, 0.3) is 0 Å². The van der Waals surface area contributed by atoms with Gasteiger partial charge in [-0.05, 0) is 33.3 Å². The zero-order valence-electron chi connectivity index (χ0n) is 13.2. The molecule has 1 atom stereocenters. The summed E-state index contributed by atoms with van der Waals surface area (Å²) in [6.07, 6.45) is 2.95. The second kappa shape index (κ2) is 6.98. The molecule has 0 aromatic carbocycles. The third-order valence-electron chi connectivity index (χ3n) is 3.38. The lowest BCUT2D eigenvalue weighted by atomic mass is 9.96. The first-order chi connectivity index (χ1) is 9.75. The second-order valence-electron chi connectivity index (χ2n) is 5.57. The summed E-state index contributed by atoms with van der Waals surface area (Å²) in [7, 11) is 1.32. The van der Waals surface area contributed by atoms with Crippen LogP contribution in [-0.2, 0) is 9.53 Å². The van der Waals surface area contributed by atoms with Crippen molar-refractivity contribution in [1.82, 2.24) is 9.88 Å². The first-order valence-electron chi connectivity index (χ1n) is 7.03. The van der Waals surface area contributed by atoms with E-state index in [1.165, 1.54) is 7.11 Å². The Labute approximate surface area is 130 Å². The number of carbonyl (C=O) groups is 2. The Bertz CT molecular complexity index is 525. The van der Waals surface area contributed by atoms with Gasteiger partial charge in [-0.3, -0.25) is 4.79 Å². The summed E-state index contributed by atoms with van der Waals surface area (Å²) < 4.78 is 6.58. The van der Waals surface area contributed by atoms with Gasteiger partial charge in [0.05, 0.1) is 12.1 Å². The van der Waals surface area contributed by atoms with Crippen molar-refractivity contribution in [3.63, 3.8) is 0 Å². The van der Waals surface area contributed by atoms with Crippen LogP contribution in [0, 0.1) is 0 Å². The number of amides is 1. The summed E-state index contributed by atoms with van der Waals surface area (Å²) >= 11 is 5.98. The molecule has 1 rings (SSSR count). The molecule has 0 fully saturated rings. The van der Waals surface area contributed by atoms with Gasteiger partial charge in [-0.1, -0.05) is 24.9 Å². The van der Waals surface area contributed by atoms with E-state index in [1.54, 1.807) is 23.8 Å². The lowest BCUT2D eigenvalue weighted by Crippen LogP contribution is -2.53. The van der Waals surface area contributed by atoms with Gasteiger partial charge in [0.15, 0.2) is 0 Å². The SMILES string of the molecule is CCCC(C)(NC(=O)c1cc(Cl)cn1C(C)C)C(=O)OC. The van der Waals surface area contributed by atoms with Crippen molar-refractivity contribution >= 4 is 23.5 Å². The lowest BCUT2D eigenvalue weighted by Gasteiger charge is -2.28. The first-order valence-corrected chi connectivity index (χ1v) is 7.41. The highest BCUT2D eigenvalue weighted by Crippen LogP contribution is 2.21. The van der Waals surface area contributed by atoms with Gasteiger partial charge in [0.25, 0.3) is 5.91 Å². The lowest BCUT2D eigenvalue weighted by molar-refractivity contribution is -0.147. The van der Waals surface area contributed by atoms with Gasteiger partial charge < -0.3 is 14.6 Å². The van der Waals surface area contributed by atoms with E-state index < -0.39 is 11.5 Å². The fourth-order valence-corrected chi connectivity index (χ4v) is 2.52. The molecule has 1 aromatic rings. The summed E-state index contributed by atoms with van der Waals surface area (Å²) in [6.45, 7) is 7.53. The summed E-state index contributed by atoms with van der Waals surface area (Å²) in [6, 6.07) is 1.69. The van der Waals surface area contributed by atoms with Crippen LogP contribution in [0.3, 0.4) is 0 Å². The van der Waals surface area contributed by atoms with E-state index in [0.717, 1.165) is 6.42 Å². The molecule has 0 saturated heterocycles. The molecule has 0 aliphatic heterocycles. The van der Waals surface area contributed by atoms with Crippen molar-refractivity contribution in [2.75, 3.05) is 7.11 Å². The number of hydrogen-bond donors (Lipinski definition) is 1. The molecule has 1 unspecified atom stereocenters. The van der Waals surface area contributed by atoms with E-state index in [1.807, 2.05) is 20.8 Å². The predicted octanol–water partition coefficient (Wildman–Crippen LogP) is 3.18. The predicted molar refractivity (Wildman–Crippen MR) is 82.6 cm³/mol. The number of nitrogens with zero attached hydrogens (tertiary/aromatic N) is 1. The van der Waals surface area contributed by atoms with Gasteiger partial charge in [-0.25, -0.2) is 4.79 Å². The Morgan fingerprint density at radius 2 is 2.10 bits per heavy atom. The number of aromatic nitrogens is 1. The van der Waals surface area contributed by atoms with E-state index in [4.69, 9.17) is 16.3 Å². The standard InChI is InChI=1S/C15H23ClN2O3/c1-6-7-15(4,14(20)21-5)17-13(19)12-8-11(16)9-18(12)10(2)3/h8-10H,6-7H2,1-5H3,(H,17,19). The Morgan fingerprint density at radius 3 is 2.57 bits per heavy atom. The molecule has 0 spiro atoms. The van der Waals surface area contributed by atoms with E-state index in [-0.39, 0.29) is 11.9 Å². The number of nitrogens with one attached hydrogen (secondary N) is 1. The molecule has 0 radical (unpaired) electrons. The maximum atomic E-state index is 12.5. The fourth-order valence-electron chi connectivity index (χ4n) is 2.31. The molecular formula is C15H23ClN2O3.